The molecule has 0 fully saturated rings. The van der Waals surface area contributed by atoms with Gasteiger partial charge in [-0.15, -0.1) is 0 Å². The van der Waals surface area contributed by atoms with Crippen LogP contribution >= 0.6 is 11.6 Å². The molecule has 1 rings (SSSR count). The van der Waals surface area contributed by atoms with E-state index in [2.05, 4.69) is 14.7 Å². The number of halogens is 1. The number of nitrogens with zero attached hydrogens (tertiary/aromatic N) is 2. The van der Waals surface area contributed by atoms with Gasteiger partial charge in [0.1, 0.15) is 5.15 Å². The summed E-state index contributed by atoms with van der Waals surface area (Å²) in [6, 6.07) is 1.62. The average molecular weight is 201 g/mol. The van der Waals surface area contributed by atoms with Gasteiger partial charge >= 0.3 is 5.97 Å². The van der Waals surface area contributed by atoms with E-state index in [1.54, 1.807) is 6.07 Å². The topological polar surface area (TPSA) is 52.1 Å². The zero-order valence-electron chi connectivity index (χ0n) is 7.37. The fourth-order valence-corrected chi connectivity index (χ4v) is 1.03. The predicted octanol–water partition coefficient (Wildman–Crippen LogP) is 1.48. The van der Waals surface area contributed by atoms with E-state index < -0.39 is 5.97 Å². The standard InChI is InChI=1S/C8H9ClN2O2/c1-3-5-4-6(9)11-7(10-5)8(12)13-2/h4H,3H2,1-2H3. The Bertz CT molecular complexity index is 328. The van der Waals surface area contributed by atoms with E-state index in [9.17, 15) is 4.79 Å². The Morgan fingerprint density at radius 2 is 2.31 bits per heavy atom. The number of carbonyl (C=O) groups is 1. The third-order valence-corrected chi connectivity index (χ3v) is 1.67. The van der Waals surface area contributed by atoms with E-state index in [0.29, 0.717) is 6.42 Å². The minimum absolute atomic E-state index is 0.00634. The summed E-state index contributed by atoms with van der Waals surface area (Å²) in [6.07, 6.45) is 0.701. The molecule has 0 spiro atoms. The largest absolute Gasteiger partial charge is 0.463 e. The van der Waals surface area contributed by atoms with E-state index in [4.69, 9.17) is 11.6 Å². The first kappa shape index (κ1) is 9.92. The molecule has 0 saturated carbocycles. The van der Waals surface area contributed by atoms with Gasteiger partial charge in [0, 0.05) is 5.69 Å². The molecule has 13 heavy (non-hydrogen) atoms. The lowest BCUT2D eigenvalue weighted by Crippen LogP contribution is -2.09. The van der Waals surface area contributed by atoms with Crippen LogP contribution in [0.4, 0.5) is 0 Å². The zero-order valence-corrected chi connectivity index (χ0v) is 8.13. The summed E-state index contributed by atoms with van der Waals surface area (Å²) in [7, 11) is 1.28. The third-order valence-electron chi connectivity index (χ3n) is 1.48. The number of rotatable bonds is 2. The summed E-state index contributed by atoms with van der Waals surface area (Å²) < 4.78 is 4.47. The van der Waals surface area contributed by atoms with Crippen LogP contribution < -0.4 is 0 Å². The van der Waals surface area contributed by atoms with Crippen LogP contribution in [-0.2, 0) is 11.2 Å². The van der Waals surface area contributed by atoms with E-state index in [-0.39, 0.29) is 11.0 Å². The molecule has 1 aromatic rings. The molecule has 0 aliphatic carbocycles. The summed E-state index contributed by atoms with van der Waals surface area (Å²) in [6.45, 7) is 1.92. The number of carbonyl (C=O) groups excluding carboxylic acids is 1. The number of hydrogen-bond donors (Lipinski definition) is 0. The number of ether oxygens (including phenoxy) is 1. The van der Waals surface area contributed by atoms with Gasteiger partial charge in [-0.2, -0.15) is 0 Å². The molecule has 0 atom stereocenters. The van der Waals surface area contributed by atoms with Crippen molar-refractivity contribution in [2.45, 2.75) is 13.3 Å². The fraction of sp³-hybridized carbons (Fsp3) is 0.375. The minimum Gasteiger partial charge on any atom is -0.463 e. The highest BCUT2D eigenvalue weighted by Gasteiger charge is 2.10. The third kappa shape index (κ3) is 2.39. The maximum Gasteiger partial charge on any atom is 0.376 e. The van der Waals surface area contributed by atoms with Crippen molar-refractivity contribution in [1.82, 2.24) is 9.97 Å². The van der Waals surface area contributed by atoms with Crippen molar-refractivity contribution in [2.24, 2.45) is 0 Å². The van der Waals surface area contributed by atoms with Crippen LogP contribution in [0.25, 0.3) is 0 Å². The van der Waals surface area contributed by atoms with Crippen LogP contribution in [0, 0.1) is 0 Å². The molecule has 4 nitrogen and oxygen atoms in total. The Kier molecular flexibility index (Phi) is 3.19. The Morgan fingerprint density at radius 1 is 1.62 bits per heavy atom. The molecule has 0 aromatic carbocycles. The lowest BCUT2D eigenvalue weighted by molar-refractivity contribution is 0.0586. The first-order valence-electron chi connectivity index (χ1n) is 3.79. The highest BCUT2D eigenvalue weighted by Crippen LogP contribution is 2.08. The molecule has 0 bridgehead atoms. The summed E-state index contributed by atoms with van der Waals surface area (Å²) in [5, 5.41) is 0.257. The molecule has 0 aliphatic heterocycles. The van der Waals surface area contributed by atoms with Crippen molar-refractivity contribution in [1.29, 1.82) is 0 Å². The number of methoxy groups -OCH3 is 1. The second-order valence-electron chi connectivity index (χ2n) is 2.35. The Balaban J connectivity index is 3.08. The van der Waals surface area contributed by atoms with Crippen molar-refractivity contribution in [2.75, 3.05) is 7.11 Å². The summed E-state index contributed by atoms with van der Waals surface area (Å²) in [5.74, 6) is -0.566. The van der Waals surface area contributed by atoms with E-state index in [0.717, 1.165) is 5.69 Å². The predicted molar refractivity (Wildman–Crippen MR) is 47.8 cm³/mol. The zero-order chi connectivity index (χ0) is 9.84. The van der Waals surface area contributed by atoms with Crippen LogP contribution in [0.1, 0.15) is 23.2 Å². The second-order valence-corrected chi connectivity index (χ2v) is 2.74. The summed E-state index contributed by atoms with van der Waals surface area (Å²) >= 11 is 5.67. The van der Waals surface area contributed by atoms with E-state index >= 15 is 0 Å². The van der Waals surface area contributed by atoms with Crippen LogP contribution in [0.2, 0.25) is 5.15 Å². The van der Waals surface area contributed by atoms with E-state index in [1.165, 1.54) is 7.11 Å². The number of aryl methyl sites for hydroxylation is 1. The van der Waals surface area contributed by atoms with Crippen LogP contribution in [-0.4, -0.2) is 23.0 Å². The first-order chi connectivity index (χ1) is 6.17. The van der Waals surface area contributed by atoms with Gasteiger partial charge in [-0.3, -0.25) is 0 Å². The van der Waals surface area contributed by atoms with Crippen molar-refractivity contribution in [3.8, 4) is 0 Å². The van der Waals surface area contributed by atoms with Crippen LogP contribution in [0.15, 0.2) is 6.07 Å². The molecular weight excluding hydrogens is 192 g/mol. The van der Waals surface area contributed by atoms with Gasteiger partial charge < -0.3 is 4.74 Å². The van der Waals surface area contributed by atoms with Crippen LogP contribution in [0.5, 0.6) is 0 Å². The highest BCUT2D eigenvalue weighted by molar-refractivity contribution is 6.29. The maximum atomic E-state index is 11.0. The first-order valence-corrected chi connectivity index (χ1v) is 4.17. The van der Waals surface area contributed by atoms with Crippen molar-refractivity contribution in [3.05, 3.63) is 22.7 Å². The second kappa shape index (κ2) is 4.18. The quantitative estimate of drug-likeness (QED) is 0.536. The number of aromatic nitrogens is 2. The lowest BCUT2D eigenvalue weighted by Gasteiger charge is -2.00. The van der Waals surface area contributed by atoms with Gasteiger partial charge in [-0.25, -0.2) is 14.8 Å². The minimum atomic E-state index is -0.572. The van der Waals surface area contributed by atoms with Crippen molar-refractivity contribution < 1.29 is 9.53 Å². The SMILES string of the molecule is CCc1cc(Cl)nc(C(=O)OC)n1. The highest BCUT2D eigenvalue weighted by atomic mass is 35.5. The molecule has 0 unspecified atom stereocenters. The lowest BCUT2D eigenvalue weighted by atomic mass is 10.3. The molecule has 1 aromatic heterocycles. The summed E-state index contributed by atoms with van der Waals surface area (Å²) in [5.41, 5.74) is 0.723. The number of hydrogen-bond acceptors (Lipinski definition) is 4. The van der Waals surface area contributed by atoms with Crippen molar-refractivity contribution in [3.63, 3.8) is 0 Å². The normalized spacial score (nSPS) is 9.77. The molecule has 1 heterocycles. The Hall–Kier alpha value is -1.16. The molecule has 5 heteroatoms. The smallest absolute Gasteiger partial charge is 0.376 e. The number of esters is 1. The van der Waals surface area contributed by atoms with Gasteiger partial charge in [0.25, 0.3) is 0 Å². The molecule has 0 aliphatic rings. The van der Waals surface area contributed by atoms with Gasteiger partial charge in [0.2, 0.25) is 5.82 Å². The molecule has 0 N–H and O–H groups in total. The molecule has 70 valence electrons. The van der Waals surface area contributed by atoms with Crippen LogP contribution in [0.3, 0.4) is 0 Å². The Morgan fingerprint density at radius 3 is 2.85 bits per heavy atom. The molecule has 0 saturated heterocycles. The molecule has 0 radical (unpaired) electrons. The van der Waals surface area contributed by atoms with Gasteiger partial charge in [0.15, 0.2) is 0 Å². The van der Waals surface area contributed by atoms with Gasteiger partial charge in [-0.05, 0) is 12.5 Å². The van der Waals surface area contributed by atoms with Gasteiger partial charge in [-0.1, -0.05) is 18.5 Å². The monoisotopic (exact) mass is 200 g/mol. The van der Waals surface area contributed by atoms with Crippen molar-refractivity contribution >= 4 is 17.6 Å². The fourth-order valence-electron chi connectivity index (χ4n) is 0.828. The molecule has 0 amide bonds. The summed E-state index contributed by atoms with van der Waals surface area (Å²) in [4.78, 5) is 18.7. The van der Waals surface area contributed by atoms with Gasteiger partial charge in [0.05, 0.1) is 7.11 Å². The van der Waals surface area contributed by atoms with E-state index in [1.807, 2.05) is 6.92 Å². The average Bonchev–Trinajstić information content (AvgIpc) is 2.15. The Labute approximate surface area is 80.9 Å². The maximum absolute atomic E-state index is 11.0. The molecular formula is C8H9ClN2O2.